The van der Waals surface area contributed by atoms with Gasteiger partial charge in [0.15, 0.2) is 0 Å². The summed E-state index contributed by atoms with van der Waals surface area (Å²) in [5.41, 5.74) is 0.758. The van der Waals surface area contributed by atoms with E-state index in [4.69, 9.17) is 0 Å². The molecule has 1 aromatic rings. The van der Waals surface area contributed by atoms with E-state index >= 15 is 0 Å². The maximum atomic E-state index is 12.1. The Hall–Kier alpha value is -1.35. The zero-order valence-corrected chi connectivity index (χ0v) is 11.8. The lowest BCUT2D eigenvalue weighted by atomic mass is 10.0. The fraction of sp³-hybridized carbons (Fsp3) is 0.562. The van der Waals surface area contributed by atoms with E-state index in [-0.39, 0.29) is 5.91 Å². The number of unbranched alkanes of at least 4 members (excludes halogenated alkanes) is 1. The molecule has 1 saturated heterocycles. The lowest BCUT2D eigenvalue weighted by Gasteiger charge is -2.33. The quantitative estimate of drug-likeness (QED) is 0.883. The van der Waals surface area contributed by atoms with Crippen molar-refractivity contribution in [3.63, 3.8) is 0 Å². The Labute approximate surface area is 116 Å². The monoisotopic (exact) mass is 260 g/mol. The fourth-order valence-corrected chi connectivity index (χ4v) is 2.62. The zero-order chi connectivity index (χ0) is 13.5. The second kappa shape index (κ2) is 7.29. The predicted molar refractivity (Wildman–Crippen MR) is 78.3 cm³/mol. The third kappa shape index (κ3) is 4.35. The highest BCUT2D eigenvalue weighted by Crippen LogP contribution is 2.11. The number of hydrogen-bond donors (Lipinski definition) is 1. The molecule has 0 aliphatic carbocycles. The summed E-state index contributed by atoms with van der Waals surface area (Å²) in [6, 6.07) is 9.79. The number of rotatable bonds is 5. The molecule has 3 heteroatoms. The number of nitrogens with zero attached hydrogens (tertiary/aromatic N) is 1. The predicted octanol–water partition coefficient (Wildman–Crippen LogP) is 2.68. The lowest BCUT2D eigenvalue weighted by Crippen LogP contribution is -2.47. The van der Waals surface area contributed by atoms with E-state index in [1.807, 2.05) is 30.3 Å². The van der Waals surface area contributed by atoms with Crippen LogP contribution in [0, 0.1) is 0 Å². The molecule has 1 fully saturated rings. The Kier molecular flexibility index (Phi) is 5.40. The molecule has 1 atom stereocenters. The third-order valence-electron chi connectivity index (χ3n) is 3.70. The van der Waals surface area contributed by atoms with Gasteiger partial charge in [-0.15, -0.1) is 0 Å². The van der Waals surface area contributed by atoms with E-state index in [0.29, 0.717) is 6.04 Å². The van der Waals surface area contributed by atoms with Crippen LogP contribution < -0.4 is 5.32 Å². The van der Waals surface area contributed by atoms with Crippen molar-refractivity contribution in [2.24, 2.45) is 0 Å². The molecule has 2 rings (SSSR count). The van der Waals surface area contributed by atoms with E-state index in [1.165, 1.54) is 25.8 Å². The minimum atomic E-state index is 0.0583. The topological polar surface area (TPSA) is 32.3 Å². The summed E-state index contributed by atoms with van der Waals surface area (Å²) in [6.07, 6.45) is 4.77. The van der Waals surface area contributed by atoms with E-state index in [2.05, 4.69) is 17.1 Å². The molecule has 19 heavy (non-hydrogen) atoms. The van der Waals surface area contributed by atoms with Crippen molar-refractivity contribution in [2.45, 2.75) is 38.6 Å². The maximum Gasteiger partial charge on any atom is 0.251 e. The smallest absolute Gasteiger partial charge is 0.251 e. The Balaban J connectivity index is 1.83. The molecule has 1 N–H and O–H groups in total. The minimum Gasteiger partial charge on any atom is -0.348 e. The standard InChI is InChI=1S/C16H24N2O/c1-2-3-11-18-12-7-10-15(13-18)17-16(19)14-8-5-4-6-9-14/h4-6,8-9,15H,2-3,7,10-13H2,1H3,(H,17,19). The minimum absolute atomic E-state index is 0.0583. The summed E-state index contributed by atoms with van der Waals surface area (Å²) in [5.74, 6) is 0.0583. The highest BCUT2D eigenvalue weighted by atomic mass is 16.1. The van der Waals surface area contributed by atoms with Crippen LogP contribution in [0.15, 0.2) is 30.3 Å². The zero-order valence-electron chi connectivity index (χ0n) is 11.8. The van der Waals surface area contributed by atoms with Crippen LogP contribution in [0.4, 0.5) is 0 Å². The van der Waals surface area contributed by atoms with E-state index < -0.39 is 0 Å². The first-order valence-electron chi connectivity index (χ1n) is 7.38. The maximum absolute atomic E-state index is 12.1. The van der Waals surface area contributed by atoms with Crippen LogP contribution in [-0.2, 0) is 0 Å². The van der Waals surface area contributed by atoms with E-state index in [1.54, 1.807) is 0 Å². The van der Waals surface area contributed by atoms with Gasteiger partial charge < -0.3 is 10.2 Å². The molecule has 1 aliphatic heterocycles. The number of likely N-dealkylation sites (tertiary alicyclic amines) is 1. The average Bonchev–Trinajstić information content (AvgIpc) is 2.46. The van der Waals surface area contributed by atoms with Crippen molar-refractivity contribution >= 4 is 5.91 Å². The molecular weight excluding hydrogens is 236 g/mol. The molecule has 0 bridgehead atoms. The summed E-state index contributed by atoms with van der Waals surface area (Å²) in [4.78, 5) is 14.6. The Morgan fingerprint density at radius 1 is 1.37 bits per heavy atom. The van der Waals surface area contributed by atoms with Crippen molar-refractivity contribution in [2.75, 3.05) is 19.6 Å². The lowest BCUT2D eigenvalue weighted by molar-refractivity contribution is 0.0903. The second-order valence-electron chi connectivity index (χ2n) is 5.33. The summed E-state index contributed by atoms with van der Waals surface area (Å²) in [5, 5.41) is 3.16. The molecule has 104 valence electrons. The Morgan fingerprint density at radius 3 is 2.89 bits per heavy atom. The van der Waals surface area contributed by atoms with Gasteiger partial charge in [-0.1, -0.05) is 31.5 Å². The van der Waals surface area contributed by atoms with Crippen molar-refractivity contribution < 1.29 is 4.79 Å². The van der Waals surface area contributed by atoms with Gasteiger partial charge in [-0.05, 0) is 44.5 Å². The first kappa shape index (κ1) is 14.1. The molecule has 1 heterocycles. The number of piperidine rings is 1. The van der Waals surface area contributed by atoms with Crippen LogP contribution in [0.3, 0.4) is 0 Å². The SMILES string of the molecule is CCCCN1CCCC(NC(=O)c2ccccc2)C1. The van der Waals surface area contributed by atoms with E-state index in [0.717, 1.165) is 25.1 Å². The van der Waals surface area contributed by atoms with Crippen LogP contribution in [0.2, 0.25) is 0 Å². The number of carbonyl (C=O) groups excluding carboxylic acids is 1. The first-order chi connectivity index (χ1) is 9.29. The van der Waals surface area contributed by atoms with Crippen LogP contribution in [0.1, 0.15) is 43.0 Å². The van der Waals surface area contributed by atoms with Crippen molar-refractivity contribution in [3.05, 3.63) is 35.9 Å². The molecule has 1 aromatic carbocycles. The van der Waals surface area contributed by atoms with Gasteiger partial charge in [-0.2, -0.15) is 0 Å². The molecule has 1 unspecified atom stereocenters. The number of carbonyl (C=O) groups is 1. The van der Waals surface area contributed by atoms with Gasteiger partial charge in [0.2, 0.25) is 0 Å². The normalized spacial score (nSPS) is 20.2. The summed E-state index contributed by atoms with van der Waals surface area (Å²) < 4.78 is 0. The highest BCUT2D eigenvalue weighted by Gasteiger charge is 2.21. The number of benzene rings is 1. The van der Waals surface area contributed by atoms with Gasteiger partial charge in [0.25, 0.3) is 5.91 Å². The average molecular weight is 260 g/mol. The summed E-state index contributed by atoms with van der Waals surface area (Å²) >= 11 is 0. The second-order valence-corrected chi connectivity index (χ2v) is 5.33. The number of nitrogens with one attached hydrogen (secondary N) is 1. The summed E-state index contributed by atoms with van der Waals surface area (Å²) in [7, 11) is 0. The van der Waals surface area contributed by atoms with Crippen LogP contribution in [-0.4, -0.2) is 36.5 Å². The molecular formula is C16H24N2O. The summed E-state index contributed by atoms with van der Waals surface area (Å²) in [6.45, 7) is 5.56. The molecule has 1 amide bonds. The van der Waals surface area contributed by atoms with Gasteiger partial charge in [-0.25, -0.2) is 0 Å². The van der Waals surface area contributed by atoms with Crippen molar-refractivity contribution in [1.82, 2.24) is 10.2 Å². The van der Waals surface area contributed by atoms with Crippen molar-refractivity contribution in [1.29, 1.82) is 0 Å². The molecule has 0 aromatic heterocycles. The molecule has 1 aliphatic rings. The highest BCUT2D eigenvalue weighted by molar-refractivity contribution is 5.94. The van der Waals surface area contributed by atoms with Crippen molar-refractivity contribution in [3.8, 4) is 0 Å². The van der Waals surface area contributed by atoms with Crippen LogP contribution >= 0.6 is 0 Å². The molecule has 0 spiro atoms. The van der Waals surface area contributed by atoms with Gasteiger partial charge in [0.1, 0.15) is 0 Å². The van der Waals surface area contributed by atoms with Gasteiger partial charge >= 0.3 is 0 Å². The number of hydrogen-bond acceptors (Lipinski definition) is 2. The Bertz CT molecular complexity index is 391. The fourth-order valence-electron chi connectivity index (χ4n) is 2.62. The number of amides is 1. The van der Waals surface area contributed by atoms with Gasteiger partial charge in [0, 0.05) is 18.2 Å². The molecule has 0 radical (unpaired) electrons. The third-order valence-corrected chi connectivity index (χ3v) is 3.70. The Morgan fingerprint density at radius 2 is 2.16 bits per heavy atom. The van der Waals surface area contributed by atoms with Gasteiger partial charge in [-0.3, -0.25) is 4.79 Å². The van der Waals surface area contributed by atoms with Crippen LogP contribution in [0.5, 0.6) is 0 Å². The van der Waals surface area contributed by atoms with Gasteiger partial charge in [0.05, 0.1) is 0 Å². The van der Waals surface area contributed by atoms with Crippen LogP contribution in [0.25, 0.3) is 0 Å². The molecule has 3 nitrogen and oxygen atoms in total. The van der Waals surface area contributed by atoms with E-state index in [9.17, 15) is 4.79 Å². The first-order valence-corrected chi connectivity index (χ1v) is 7.38. The largest absolute Gasteiger partial charge is 0.348 e. The molecule has 0 saturated carbocycles.